The summed E-state index contributed by atoms with van der Waals surface area (Å²) in [6.07, 6.45) is 2.49. The van der Waals surface area contributed by atoms with Crippen LogP contribution in [0.15, 0.2) is 18.2 Å². The first-order valence-electron chi connectivity index (χ1n) is 6.05. The topological polar surface area (TPSA) is 34.1 Å². The lowest BCUT2D eigenvalue weighted by Gasteiger charge is -2.11. The van der Waals surface area contributed by atoms with Gasteiger partial charge in [-0.25, -0.2) is 4.98 Å². The first-order valence-corrected chi connectivity index (χ1v) is 6.86. The van der Waals surface area contributed by atoms with Crippen LogP contribution in [0.3, 0.4) is 0 Å². The number of thiazole rings is 1. The Morgan fingerprint density at radius 3 is 3.29 bits per heavy atom. The van der Waals surface area contributed by atoms with E-state index in [9.17, 15) is 0 Å². The average Bonchev–Trinajstić information content (AvgIpc) is 2.92. The molecule has 17 heavy (non-hydrogen) atoms. The highest BCUT2D eigenvalue weighted by molar-refractivity contribution is 7.18. The molecule has 0 spiro atoms. The molecule has 1 unspecified atom stereocenters. The monoisotopic (exact) mass is 248 g/mol. The Morgan fingerprint density at radius 1 is 1.53 bits per heavy atom. The molecule has 2 heterocycles. The van der Waals surface area contributed by atoms with Gasteiger partial charge in [-0.05, 0) is 44.5 Å². The van der Waals surface area contributed by atoms with E-state index in [0.717, 1.165) is 29.4 Å². The Kier molecular flexibility index (Phi) is 2.99. The summed E-state index contributed by atoms with van der Waals surface area (Å²) in [6.45, 7) is 3.93. The van der Waals surface area contributed by atoms with Gasteiger partial charge in [0.15, 0.2) is 0 Å². The van der Waals surface area contributed by atoms with E-state index >= 15 is 0 Å². The summed E-state index contributed by atoms with van der Waals surface area (Å²) in [4.78, 5) is 4.44. The minimum absolute atomic E-state index is 0.522. The lowest BCUT2D eigenvalue weighted by molar-refractivity contribution is 0.277. The van der Waals surface area contributed by atoms with Crippen molar-refractivity contribution < 1.29 is 4.74 Å². The molecule has 4 heteroatoms. The van der Waals surface area contributed by atoms with Gasteiger partial charge in [0, 0.05) is 6.04 Å². The lowest BCUT2D eigenvalue weighted by atomic mass is 10.2. The van der Waals surface area contributed by atoms with Gasteiger partial charge in [-0.1, -0.05) is 0 Å². The third-order valence-corrected chi connectivity index (χ3v) is 4.01. The first-order chi connectivity index (χ1) is 8.31. The molecule has 1 aromatic heterocycles. The van der Waals surface area contributed by atoms with E-state index in [1.165, 1.54) is 17.5 Å². The molecule has 3 rings (SSSR count). The number of hydrogen-bond donors (Lipinski definition) is 1. The lowest BCUT2D eigenvalue weighted by Crippen LogP contribution is -2.28. The van der Waals surface area contributed by atoms with Crippen molar-refractivity contribution in [2.45, 2.75) is 25.8 Å². The molecular weight excluding hydrogens is 232 g/mol. The van der Waals surface area contributed by atoms with Crippen molar-refractivity contribution >= 4 is 21.6 Å². The third-order valence-electron chi connectivity index (χ3n) is 3.08. The summed E-state index contributed by atoms with van der Waals surface area (Å²) in [6, 6.07) is 6.66. The summed E-state index contributed by atoms with van der Waals surface area (Å²) in [5.74, 6) is 0.954. The van der Waals surface area contributed by atoms with E-state index in [-0.39, 0.29) is 0 Å². The van der Waals surface area contributed by atoms with Gasteiger partial charge >= 0.3 is 0 Å². The fourth-order valence-electron chi connectivity index (χ4n) is 2.21. The average molecular weight is 248 g/mol. The zero-order valence-electron chi connectivity index (χ0n) is 9.90. The van der Waals surface area contributed by atoms with Crippen LogP contribution in [-0.2, 0) is 0 Å². The predicted molar refractivity (Wildman–Crippen MR) is 70.9 cm³/mol. The van der Waals surface area contributed by atoms with Crippen LogP contribution in [0.2, 0.25) is 0 Å². The van der Waals surface area contributed by atoms with Gasteiger partial charge in [0.05, 0.1) is 15.2 Å². The first kappa shape index (κ1) is 11.0. The molecule has 0 bridgehead atoms. The molecule has 3 nitrogen and oxygen atoms in total. The van der Waals surface area contributed by atoms with Gasteiger partial charge in [-0.2, -0.15) is 0 Å². The number of fused-ring (bicyclic) bond motifs is 1. The molecule has 1 fully saturated rings. The van der Waals surface area contributed by atoms with Crippen LogP contribution in [-0.4, -0.2) is 24.2 Å². The van der Waals surface area contributed by atoms with Crippen molar-refractivity contribution in [2.75, 3.05) is 13.2 Å². The fraction of sp³-hybridized carbons (Fsp3) is 0.462. The van der Waals surface area contributed by atoms with Gasteiger partial charge in [-0.3, -0.25) is 0 Å². The number of ether oxygens (including phenoxy) is 1. The van der Waals surface area contributed by atoms with Crippen molar-refractivity contribution in [3.63, 3.8) is 0 Å². The number of rotatable bonds is 3. The predicted octanol–water partition coefficient (Wildman–Crippen LogP) is 2.74. The SMILES string of the molecule is Cc1nc2ccc(OCC3CCCN3)cc2s1. The summed E-state index contributed by atoms with van der Waals surface area (Å²) in [5, 5.41) is 4.54. The Balaban J connectivity index is 1.71. The zero-order chi connectivity index (χ0) is 11.7. The number of hydrogen-bond acceptors (Lipinski definition) is 4. The Labute approximate surface area is 105 Å². The Bertz CT molecular complexity index is 517. The summed E-state index contributed by atoms with van der Waals surface area (Å²) in [7, 11) is 0. The molecule has 1 aromatic carbocycles. The molecule has 1 atom stereocenters. The van der Waals surface area contributed by atoms with E-state index in [2.05, 4.69) is 16.4 Å². The molecule has 1 N–H and O–H groups in total. The normalized spacial score (nSPS) is 19.9. The van der Waals surface area contributed by atoms with Crippen molar-refractivity contribution in [3.8, 4) is 5.75 Å². The molecule has 2 aromatic rings. The number of aromatic nitrogens is 1. The van der Waals surface area contributed by atoms with Crippen LogP contribution in [0, 0.1) is 6.92 Å². The zero-order valence-corrected chi connectivity index (χ0v) is 10.7. The second-order valence-corrected chi connectivity index (χ2v) is 5.70. The van der Waals surface area contributed by atoms with E-state index in [1.54, 1.807) is 11.3 Å². The molecule has 1 aliphatic heterocycles. The summed E-state index contributed by atoms with van der Waals surface area (Å²) < 4.78 is 7.03. The molecular formula is C13H16N2OS. The summed E-state index contributed by atoms with van der Waals surface area (Å²) >= 11 is 1.72. The molecule has 0 aliphatic carbocycles. The van der Waals surface area contributed by atoms with Crippen LogP contribution in [0.5, 0.6) is 5.75 Å². The number of nitrogens with one attached hydrogen (secondary N) is 1. The van der Waals surface area contributed by atoms with Crippen LogP contribution < -0.4 is 10.1 Å². The molecule has 0 amide bonds. The molecule has 0 radical (unpaired) electrons. The second-order valence-electron chi connectivity index (χ2n) is 4.47. The largest absolute Gasteiger partial charge is 0.492 e. The van der Waals surface area contributed by atoms with Crippen LogP contribution in [0.1, 0.15) is 17.8 Å². The minimum atomic E-state index is 0.522. The van der Waals surface area contributed by atoms with Crippen LogP contribution in [0.4, 0.5) is 0 Å². The van der Waals surface area contributed by atoms with Gasteiger partial charge in [0.2, 0.25) is 0 Å². The van der Waals surface area contributed by atoms with E-state index in [0.29, 0.717) is 6.04 Å². The standard InChI is InChI=1S/C13H16N2OS/c1-9-15-12-5-4-11(7-13(12)17-9)16-8-10-3-2-6-14-10/h4-5,7,10,14H,2-3,6,8H2,1H3. The molecule has 1 aliphatic rings. The van der Waals surface area contributed by atoms with Crippen molar-refractivity contribution in [1.82, 2.24) is 10.3 Å². The quantitative estimate of drug-likeness (QED) is 0.907. The van der Waals surface area contributed by atoms with Crippen LogP contribution in [0.25, 0.3) is 10.2 Å². The number of nitrogens with zero attached hydrogens (tertiary/aromatic N) is 1. The van der Waals surface area contributed by atoms with Gasteiger partial charge in [-0.15, -0.1) is 11.3 Å². The van der Waals surface area contributed by atoms with Crippen LogP contribution >= 0.6 is 11.3 Å². The maximum absolute atomic E-state index is 5.82. The maximum atomic E-state index is 5.82. The highest BCUT2D eigenvalue weighted by Gasteiger charge is 2.14. The fourth-order valence-corrected chi connectivity index (χ4v) is 3.06. The van der Waals surface area contributed by atoms with E-state index in [4.69, 9.17) is 4.74 Å². The third kappa shape index (κ3) is 2.42. The Morgan fingerprint density at radius 2 is 2.47 bits per heavy atom. The van der Waals surface area contributed by atoms with Crippen molar-refractivity contribution in [2.24, 2.45) is 0 Å². The molecule has 1 saturated heterocycles. The van der Waals surface area contributed by atoms with E-state index < -0.39 is 0 Å². The number of benzene rings is 1. The number of aryl methyl sites for hydroxylation is 1. The smallest absolute Gasteiger partial charge is 0.120 e. The van der Waals surface area contributed by atoms with E-state index in [1.807, 2.05) is 19.1 Å². The molecule has 0 saturated carbocycles. The highest BCUT2D eigenvalue weighted by Crippen LogP contribution is 2.26. The van der Waals surface area contributed by atoms with Gasteiger partial charge in [0.25, 0.3) is 0 Å². The Hall–Kier alpha value is -1.13. The minimum Gasteiger partial charge on any atom is -0.492 e. The van der Waals surface area contributed by atoms with Crippen molar-refractivity contribution in [1.29, 1.82) is 0 Å². The highest BCUT2D eigenvalue weighted by atomic mass is 32.1. The summed E-state index contributed by atoms with van der Waals surface area (Å²) in [5.41, 5.74) is 1.07. The van der Waals surface area contributed by atoms with Gasteiger partial charge in [0.1, 0.15) is 12.4 Å². The van der Waals surface area contributed by atoms with Gasteiger partial charge < -0.3 is 10.1 Å². The second kappa shape index (κ2) is 4.63. The van der Waals surface area contributed by atoms with Crippen molar-refractivity contribution in [3.05, 3.63) is 23.2 Å². The molecule has 90 valence electrons. The maximum Gasteiger partial charge on any atom is 0.120 e.